The number of benzene rings is 3. The first-order valence-corrected chi connectivity index (χ1v) is 12.2. The van der Waals surface area contributed by atoms with Crippen LogP contribution in [0.5, 0.6) is 0 Å². The van der Waals surface area contributed by atoms with Crippen LogP contribution in [0.25, 0.3) is 10.8 Å². The van der Waals surface area contributed by atoms with Crippen LogP contribution in [-0.4, -0.2) is 29.8 Å². The van der Waals surface area contributed by atoms with E-state index in [-0.39, 0.29) is 16.0 Å². The van der Waals surface area contributed by atoms with Crippen molar-refractivity contribution in [2.75, 3.05) is 11.3 Å². The van der Waals surface area contributed by atoms with E-state index < -0.39 is 10.0 Å². The second-order valence-electron chi connectivity index (χ2n) is 7.83. The average Bonchev–Trinajstić information content (AvgIpc) is 2.79. The van der Waals surface area contributed by atoms with Gasteiger partial charge in [-0.15, -0.1) is 0 Å². The Morgan fingerprint density at radius 2 is 1.69 bits per heavy atom. The zero-order valence-electron chi connectivity index (χ0n) is 17.2. The number of rotatable bonds is 5. The van der Waals surface area contributed by atoms with Gasteiger partial charge in [0.05, 0.1) is 10.6 Å². The van der Waals surface area contributed by atoms with Gasteiger partial charge in [-0.2, -0.15) is 4.98 Å². The SMILES string of the molecule is O=S(=O)(Nc1nc(Cl)nc2c1CCN(Cc1ccccc1)C2)c1ccc2ccccc2c1. The Kier molecular flexibility index (Phi) is 5.55. The smallest absolute Gasteiger partial charge is 0.263 e. The summed E-state index contributed by atoms with van der Waals surface area (Å²) in [5, 5.41) is 1.86. The second-order valence-corrected chi connectivity index (χ2v) is 9.85. The minimum atomic E-state index is -3.83. The Morgan fingerprint density at radius 3 is 2.50 bits per heavy atom. The second kappa shape index (κ2) is 8.50. The zero-order valence-corrected chi connectivity index (χ0v) is 18.8. The maximum atomic E-state index is 13.1. The molecule has 0 unspecified atom stereocenters. The summed E-state index contributed by atoms with van der Waals surface area (Å²) in [7, 11) is -3.83. The van der Waals surface area contributed by atoms with Gasteiger partial charge in [-0.3, -0.25) is 9.62 Å². The van der Waals surface area contributed by atoms with Crippen LogP contribution in [-0.2, 0) is 29.5 Å². The summed E-state index contributed by atoms with van der Waals surface area (Å²) >= 11 is 6.17. The molecule has 1 aliphatic heterocycles. The van der Waals surface area contributed by atoms with E-state index in [4.69, 9.17) is 11.6 Å². The maximum absolute atomic E-state index is 13.1. The van der Waals surface area contributed by atoms with E-state index in [1.54, 1.807) is 18.2 Å². The van der Waals surface area contributed by atoms with Gasteiger partial charge in [-0.05, 0) is 46.5 Å². The van der Waals surface area contributed by atoms with Gasteiger partial charge in [-0.25, -0.2) is 13.4 Å². The molecule has 0 saturated heterocycles. The number of aromatic nitrogens is 2. The molecule has 0 radical (unpaired) electrons. The van der Waals surface area contributed by atoms with Gasteiger partial charge in [0.2, 0.25) is 5.28 Å². The highest BCUT2D eigenvalue weighted by Crippen LogP contribution is 2.28. The topological polar surface area (TPSA) is 75.2 Å². The summed E-state index contributed by atoms with van der Waals surface area (Å²) in [5.74, 6) is 0.257. The first-order valence-electron chi connectivity index (χ1n) is 10.3. The van der Waals surface area contributed by atoms with Crippen molar-refractivity contribution in [2.45, 2.75) is 24.4 Å². The maximum Gasteiger partial charge on any atom is 0.263 e. The van der Waals surface area contributed by atoms with Crippen LogP contribution in [0.15, 0.2) is 77.7 Å². The Bertz CT molecular complexity index is 1390. The van der Waals surface area contributed by atoms with Crippen molar-refractivity contribution in [3.8, 4) is 0 Å². The number of nitrogens with one attached hydrogen (secondary N) is 1. The van der Waals surface area contributed by atoms with Crippen molar-refractivity contribution in [3.05, 3.63) is 94.9 Å². The summed E-state index contributed by atoms with van der Waals surface area (Å²) in [5.41, 5.74) is 2.76. The molecule has 4 aromatic rings. The highest BCUT2D eigenvalue weighted by Gasteiger charge is 2.25. The fraction of sp³-hybridized carbons (Fsp3) is 0.167. The molecule has 1 N–H and O–H groups in total. The van der Waals surface area contributed by atoms with Crippen LogP contribution in [0, 0.1) is 0 Å². The molecule has 0 spiro atoms. The molecule has 1 aromatic heterocycles. The molecule has 5 rings (SSSR count). The van der Waals surface area contributed by atoms with Crippen molar-refractivity contribution in [2.24, 2.45) is 0 Å². The lowest BCUT2D eigenvalue weighted by molar-refractivity contribution is 0.241. The molecule has 0 saturated carbocycles. The first kappa shape index (κ1) is 20.9. The summed E-state index contributed by atoms with van der Waals surface area (Å²) in [4.78, 5) is 11.0. The Hall–Kier alpha value is -3.00. The summed E-state index contributed by atoms with van der Waals surface area (Å²) in [6.07, 6.45) is 0.634. The van der Waals surface area contributed by atoms with Crippen molar-refractivity contribution in [1.29, 1.82) is 0 Å². The predicted octanol–water partition coefficient (Wildman–Crippen LogP) is 4.64. The molecule has 0 aliphatic carbocycles. The van der Waals surface area contributed by atoms with Gasteiger partial charge in [0.15, 0.2) is 0 Å². The molecule has 162 valence electrons. The first-order chi connectivity index (χ1) is 15.5. The lowest BCUT2D eigenvalue weighted by Crippen LogP contribution is -2.32. The minimum absolute atomic E-state index is 0.0292. The van der Waals surface area contributed by atoms with Crippen LogP contribution >= 0.6 is 11.6 Å². The molecule has 2 heterocycles. The van der Waals surface area contributed by atoms with Crippen molar-refractivity contribution in [1.82, 2.24) is 14.9 Å². The fourth-order valence-electron chi connectivity index (χ4n) is 4.04. The summed E-state index contributed by atoms with van der Waals surface area (Å²) in [6.45, 7) is 2.15. The van der Waals surface area contributed by atoms with Crippen molar-refractivity contribution >= 4 is 38.2 Å². The normalized spacial score (nSPS) is 14.3. The Morgan fingerprint density at radius 1 is 0.938 bits per heavy atom. The molecule has 3 aromatic carbocycles. The zero-order chi connectivity index (χ0) is 22.1. The van der Waals surface area contributed by atoms with Crippen molar-refractivity contribution < 1.29 is 8.42 Å². The number of anilines is 1. The van der Waals surface area contributed by atoms with Gasteiger partial charge in [0.25, 0.3) is 10.0 Å². The molecular formula is C24H21ClN4O2S. The lowest BCUT2D eigenvalue weighted by atomic mass is 10.0. The van der Waals surface area contributed by atoms with Crippen LogP contribution in [0.3, 0.4) is 0 Å². The van der Waals surface area contributed by atoms with Gasteiger partial charge in [-0.1, -0.05) is 60.7 Å². The predicted molar refractivity (Wildman–Crippen MR) is 126 cm³/mol. The van der Waals surface area contributed by atoms with Gasteiger partial charge >= 0.3 is 0 Å². The lowest BCUT2D eigenvalue weighted by Gasteiger charge is -2.29. The molecule has 0 amide bonds. The third-order valence-electron chi connectivity index (χ3n) is 5.63. The number of sulfonamides is 1. The van der Waals surface area contributed by atoms with E-state index >= 15 is 0 Å². The summed E-state index contributed by atoms with van der Waals surface area (Å²) in [6, 6.07) is 22.9. The van der Waals surface area contributed by atoms with Crippen LogP contribution < -0.4 is 4.72 Å². The molecule has 0 bridgehead atoms. The number of fused-ring (bicyclic) bond motifs is 2. The highest BCUT2D eigenvalue weighted by atomic mass is 35.5. The average molecular weight is 465 g/mol. The number of hydrogen-bond acceptors (Lipinski definition) is 5. The fourth-order valence-corrected chi connectivity index (χ4v) is 5.29. The molecule has 0 fully saturated rings. The van der Waals surface area contributed by atoms with E-state index in [1.807, 2.05) is 42.5 Å². The van der Waals surface area contributed by atoms with E-state index in [1.165, 1.54) is 5.56 Å². The van der Waals surface area contributed by atoms with E-state index in [2.05, 4.69) is 31.7 Å². The number of nitrogens with zero attached hydrogens (tertiary/aromatic N) is 3. The highest BCUT2D eigenvalue weighted by molar-refractivity contribution is 7.92. The minimum Gasteiger partial charge on any atom is -0.293 e. The van der Waals surface area contributed by atoms with Crippen LogP contribution in [0.1, 0.15) is 16.8 Å². The monoisotopic (exact) mass is 464 g/mol. The Labute approximate surface area is 191 Å². The van der Waals surface area contributed by atoms with E-state index in [0.717, 1.165) is 35.1 Å². The van der Waals surface area contributed by atoms with Crippen LogP contribution in [0.2, 0.25) is 5.28 Å². The van der Waals surface area contributed by atoms with Gasteiger partial charge < -0.3 is 0 Å². The third kappa shape index (κ3) is 4.32. The number of halogens is 1. The van der Waals surface area contributed by atoms with Gasteiger partial charge in [0, 0.05) is 25.2 Å². The number of hydrogen-bond donors (Lipinski definition) is 1. The molecule has 1 aliphatic rings. The third-order valence-corrected chi connectivity index (χ3v) is 7.13. The standard InChI is InChI=1S/C24H21ClN4O2S/c25-24-26-22-16-29(15-17-6-2-1-3-7-17)13-12-21(22)23(27-24)28-32(30,31)20-11-10-18-8-4-5-9-19(18)14-20/h1-11,14H,12-13,15-16H2,(H,26,27,28). The Balaban J connectivity index is 1.42. The molecule has 6 nitrogen and oxygen atoms in total. The van der Waals surface area contributed by atoms with Crippen molar-refractivity contribution in [3.63, 3.8) is 0 Å². The quantitative estimate of drug-likeness (QED) is 0.435. The molecule has 8 heteroatoms. The molecule has 0 atom stereocenters. The van der Waals surface area contributed by atoms with E-state index in [9.17, 15) is 8.42 Å². The summed E-state index contributed by atoms with van der Waals surface area (Å²) < 4.78 is 28.9. The molecular weight excluding hydrogens is 444 g/mol. The molecule has 32 heavy (non-hydrogen) atoms. The van der Waals surface area contributed by atoms with Crippen LogP contribution in [0.4, 0.5) is 5.82 Å². The largest absolute Gasteiger partial charge is 0.293 e. The van der Waals surface area contributed by atoms with E-state index in [0.29, 0.717) is 13.0 Å². The van der Waals surface area contributed by atoms with Gasteiger partial charge in [0.1, 0.15) is 5.82 Å².